The van der Waals surface area contributed by atoms with Crippen LogP contribution >= 0.6 is 0 Å². The zero-order valence-electron chi connectivity index (χ0n) is 18.2. The van der Waals surface area contributed by atoms with Crippen molar-refractivity contribution < 1.29 is 18.0 Å². The first kappa shape index (κ1) is 23.1. The van der Waals surface area contributed by atoms with Gasteiger partial charge in [0, 0.05) is 57.9 Å². The highest BCUT2D eigenvalue weighted by molar-refractivity contribution is 7.89. The summed E-state index contributed by atoms with van der Waals surface area (Å²) >= 11 is 0. The Morgan fingerprint density at radius 2 is 1.90 bits per heavy atom. The molecule has 1 fully saturated rings. The number of nitrogens with zero attached hydrogens (tertiary/aromatic N) is 3. The summed E-state index contributed by atoms with van der Waals surface area (Å²) in [5, 5.41) is 2.82. The third kappa shape index (κ3) is 5.40. The van der Waals surface area contributed by atoms with E-state index in [0.717, 1.165) is 17.7 Å². The highest BCUT2D eigenvalue weighted by Gasteiger charge is 2.40. The zero-order valence-corrected chi connectivity index (χ0v) is 19.1. The summed E-state index contributed by atoms with van der Waals surface area (Å²) in [6.45, 7) is 6.22. The molecule has 3 rings (SSSR count). The minimum Gasteiger partial charge on any atom is -0.354 e. The molecular weight excluding hydrogens is 416 g/mol. The van der Waals surface area contributed by atoms with Gasteiger partial charge in [0.2, 0.25) is 21.8 Å². The molecule has 0 spiro atoms. The van der Waals surface area contributed by atoms with Gasteiger partial charge < -0.3 is 10.2 Å². The molecule has 9 heteroatoms. The average Bonchev–Trinajstić information content (AvgIpc) is 3.26. The number of carbonyl (C=O) groups is 2. The van der Waals surface area contributed by atoms with Gasteiger partial charge in [-0.15, -0.1) is 0 Å². The molecule has 1 saturated heterocycles. The lowest BCUT2D eigenvalue weighted by Crippen LogP contribution is -2.61. The van der Waals surface area contributed by atoms with Crippen LogP contribution in [0.1, 0.15) is 45.1 Å². The van der Waals surface area contributed by atoms with Crippen molar-refractivity contribution in [2.24, 2.45) is 4.99 Å². The molecular formula is C22H30N4O4S. The zero-order chi connectivity index (χ0) is 22.6. The van der Waals surface area contributed by atoms with Crippen molar-refractivity contribution >= 4 is 28.1 Å². The minimum absolute atomic E-state index is 0.0331. The molecule has 31 heavy (non-hydrogen) atoms. The van der Waals surface area contributed by atoms with Gasteiger partial charge >= 0.3 is 0 Å². The molecule has 8 nitrogen and oxygen atoms in total. The van der Waals surface area contributed by atoms with Crippen LogP contribution in [0.25, 0.3) is 0 Å². The van der Waals surface area contributed by atoms with Gasteiger partial charge in [-0.25, -0.2) is 8.42 Å². The van der Waals surface area contributed by atoms with Crippen molar-refractivity contribution in [2.75, 3.05) is 26.2 Å². The van der Waals surface area contributed by atoms with E-state index in [1.165, 1.54) is 16.1 Å². The first-order valence-corrected chi connectivity index (χ1v) is 12.0. The lowest BCUT2D eigenvalue weighted by atomic mass is 10.0. The van der Waals surface area contributed by atoms with E-state index >= 15 is 0 Å². The van der Waals surface area contributed by atoms with Gasteiger partial charge in [-0.1, -0.05) is 32.1 Å². The van der Waals surface area contributed by atoms with Crippen molar-refractivity contribution in [3.8, 4) is 0 Å². The lowest BCUT2D eigenvalue weighted by Gasteiger charge is -2.39. The van der Waals surface area contributed by atoms with Gasteiger partial charge in [0.15, 0.2) is 0 Å². The Bertz CT molecular complexity index is 983. The Labute approximate surface area is 184 Å². The number of rotatable bonds is 7. The van der Waals surface area contributed by atoms with Gasteiger partial charge in [-0.2, -0.15) is 4.31 Å². The third-order valence-electron chi connectivity index (χ3n) is 5.63. The third-order valence-corrected chi connectivity index (χ3v) is 7.55. The molecule has 0 aromatic heterocycles. The molecule has 0 saturated carbocycles. The standard InChI is InChI=1S/C22H30N4O4S/c1-16(2)18-6-8-20(9-7-18)31(29,30)26-14-13-25(17(3)27)15-21(26)22(28)24-12-10-19-5-4-11-23-19/h5-9,11,16,21H,4,10,12-15H2,1-3H3,(H,24,28)/t21-/m1/s1. The second kappa shape index (κ2) is 9.74. The summed E-state index contributed by atoms with van der Waals surface area (Å²) in [4.78, 5) is 30.7. The molecule has 0 unspecified atom stereocenters. The van der Waals surface area contributed by atoms with Crippen LogP contribution in [0, 0.1) is 0 Å². The number of aliphatic imine (C=N–C) groups is 1. The molecule has 0 radical (unpaired) electrons. The summed E-state index contributed by atoms with van der Waals surface area (Å²) in [6.07, 6.45) is 5.17. The van der Waals surface area contributed by atoms with Crippen LogP contribution in [0.3, 0.4) is 0 Å². The van der Waals surface area contributed by atoms with E-state index in [-0.39, 0.29) is 36.4 Å². The summed E-state index contributed by atoms with van der Waals surface area (Å²) in [5.41, 5.74) is 1.95. The van der Waals surface area contributed by atoms with E-state index < -0.39 is 22.0 Å². The molecule has 0 aliphatic carbocycles. The van der Waals surface area contributed by atoms with Crippen LogP contribution in [-0.2, 0) is 19.6 Å². The Morgan fingerprint density at radius 1 is 1.19 bits per heavy atom. The SMILES string of the molecule is CC(=O)N1CCN(S(=O)(=O)c2ccc(C(C)C)cc2)[C@@H](C(=O)NCCC2=CCC=N2)C1. The van der Waals surface area contributed by atoms with Crippen LogP contribution in [0.2, 0.25) is 0 Å². The van der Waals surface area contributed by atoms with Gasteiger partial charge in [-0.05, 0) is 23.6 Å². The van der Waals surface area contributed by atoms with E-state index in [0.29, 0.717) is 13.0 Å². The van der Waals surface area contributed by atoms with Crippen molar-refractivity contribution in [3.63, 3.8) is 0 Å². The van der Waals surface area contributed by atoms with E-state index in [1.54, 1.807) is 24.3 Å². The van der Waals surface area contributed by atoms with Crippen molar-refractivity contribution in [3.05, 3.63) is 41.6 Å². The molecule has 168 valence electrons. The van der Waals surface area contributed by atoms with Crippen LogP contribution in [0.4, 0.5) is 0 Å². The Balaban J connectivity index is 1.78. The summed E-state index contributed by atoms with van der Waals surface area (Å²) < 4.78 is 27.9. The number of sulfonamides is 1. The van der Waals surface area contributed by atoms with Gasteiger partial charge in [0.1, 0.15) is 6.04 Å². The maximum atomic E-state index is 13.4. The number of benzene rings is 1. The van der Waals surface area contributed by atoms with Crippen LogP contribution < -0.4 is 5.32 Å². The molecule has 2 amide bonds. The fourth-order valence-electron chi connectivity index (χ4n) is 3.72. The molecule has 1 aromatic carbocycles. The molecule has 1 atom stereocenters. The number of allylic oxidation sites excluding steroid dienone is 1. The normalized spacial score (nSPS) is 19.5. The van der Waals surface area contributed by atoms with Gasteiger partial charge in [0.05, 0.1) is 4.90 Å². The number of hydrogen-bond acceptors (Lipinski definition) is 5. The second-order valence-electron chi connectivity index (χ2n) is 8.10. The number of nitrogens with one attached hydrogen (secondary N) is 1. The Hall–Kier alpha value is -2.52. The fourth-order valence-corrected chi connectivity index (χ4v) is 5.29. The minimum atomic E-state index is -3.89. The van der Waals surface area contributed by atoms with Gasteiger partial charge in [-0.3, -0.25) is 14.6 Å². The number of carbonyl (C=O) groups excluding carboxylic acids is 2. The summed E-state index contributed by atoms with van der Waals surface area (Å²) in [5.74, 6) is -0.300. The molecule has 2 aliphatic rings. The number of hydrogen-bond donors (Lipinski definition) is 1. The molecule has 2 heterocycles. The first-order chi connectivity index (χ1) is 14.7. The number of piperazine rings is 1. The van der Waals surface area contributed by atoms with E-state index in [1.807, 2.05) is 26.1 Å². The largest absolute Gasteiger partial charge is 0.354 e. The monoisotopic (exact) mass is 446 g/mol. The quantitative estimate of drug-likeness (QED) is 0.691. The Kier molecular flexibility index (Phi) is 7.27. The van der Waals surface area contributed by atoms with Gasteiger partial charge in [0.25, 0.3) is 0 Å². The molecule has 0 bridgehead atoms. The van der Waals surface area contributed by atoms with E-state index in [2.05, 4.69) is 10.3 Å². The predicted molar refractivity (Wildman–Crippen MR) is 119 cm³/mol. The maximum Gasteiger partial charge on any atom is 0.243 e. The summed E-state index contributed by atoms with van der Waals surface area (Å²) in [6, 6.07) is 5.79. The van der Waals surface area contributed by atoms with Crippen molar-refractivity contribution in [2.45, 2.75) is 50.5 Å². The summed E-state index contributed by atoms with van der Waals surface area (Å²) in [7, 11) is -3.89. The molecule has 1 aromatic rings. The van der Waals surface area contributed by atoms with Crippen LogP contribution in [0.5, 0.6) is 0 Å². The lowest BCUT2D eigenvalue weighted by molar-refractivity contribution is -0.134. The maximum absolute atomic E-state index is 13.4. The highest BCUT2D eigenvalue weighted by atomic mass is 32.2. The predicted octanol–water partition coefficient (Wildman–Crippen LogP) is 1.90. The van der Waals surface area contributed by atoms with Crippen LogP contribution in [-0.4, -0.2) is 67.9 Å². The number of amides is 2. The second-order valence-corrected chi connectivity index (χ2v) is 9.99. The first-order valence-electron chi connectivity index (χ1n) is 10.6. The van der Waals surface area contributed by atoms with Crippen LogP contribution in [0.15, 0.2) is 45.9 Å². The van der Waals surface area contributed by atoms with Crippen molar-refractivity contribution in [1.82, 2.24) is 14.5 Å². The Morgan fingerprint density at radius 3 is 2.48 bits per heavy atom. The topological polar surface area (TPSA) is 99.2 Å². The average molecular weight is 447 g/mol. The van der Waals surface area contributed by atoms with E-state index in [9.17, 15) is 18.0 Å². The molecule has 1 N–H and O–H groups in total. The van der Waals surface area contributed by atoms with E-state index in [4.69, 9.17) is 0 Å². The van der Waals surface area contributed by atoms with Crippen molar-refractivity contribution in [1.29, 1.82) is 0 Å². The fraction of sp³-hybridized carbons (Fsp3) is 0.500. The highest BCUT2D eigenvalue weighted by Crippen LogP contribution is 2.24. The molecule has 2 aliphatic heterocycles. The smallest absolute Gasteiger partial charge is 0.243 e.